The number of carbonyl (C=O) groups is 2. The number of ether oxygens (including phenoxy) is 1. The van der Waals surface area contributed by atoms with Gasteiger partial charge in [-0.2, -0.15) is 0 Å². The Bertz CT molecular complexity index is 680. The van der Waals surface area contributed by atoms with E-state index in [0.29, 0.717) is 10.7 Å². The summed E-state index contributed by atoms with van der Waals surface area (Å²) in [6.07, 6.45) is 0.391. The van der Waals surface area contributed by atoms with Crippen LogP contribution in [0.4, 0.5) is 0 Å². The van der Waals surface area contributed by atoms with Gasteiger partial charge in [0.05, 0.1) is 17.4 Å². The molecule has 1 fully saturated rings. The highest BCUT2D eigenvalue weighted by Crippen LogP contribution is 2.35. The number of sulfonamides is 1. The molecule has 0 aliphatic carbocycles. The lowest BCUT2D eigenvalue weighted by molar-refractivity contribution is -0.166. The second-order valence-electron chi connectivity index (χ2n) is 5.16. The highest BCUT2D eigenvalue weighted by molar-refractivity contribution is 7.89. The van der Waals surface area contributed by atoms with Crippen molar-refractivity contribution in [2.45, 2.75) is 38.1 Å². The smallest absolute Gasteiger partial charge is 0.330 e. The van der Waals surface area contributed by atoms with Gasteiger partial charge >= 0.3 is 5.97 Å². The summed E-state index contributed by atoms with van der Waals surface area (Å²) >= 11 is 0. The number of aryl methyl sites for hydroxylation is 1. The van der Waals surface area contributed by atoms with E-state index in [2.05, 4.69) is 0 Å². The van der Waals surface area contributed by atoms with Crippen LogP contribution in [-0.4, -0.2) is 37.2 Å². The van der Waals surface area contributed by atoms with E-state index in [1.54, 1.807) is 26.0 Å². The maximum atomic E-state index is 12.6. The van der Waals surface area contributed by atoms with Crippen molar-refractivity contribution in [3.8, 4) is 0 Å². The van der Waals surface area contributed by atoms with Gasteiger partial charge in [0.25, 0.3) is 10.0 Å². The van der Waals surface area contributed by atoms with Crippen molar-refractivity contribution in [2.75, 3.05) is 6.61 Å². The fourth-order valence-electron chi connectivity index (χ4n) is 2.49. The molecule has 0 spiro atoms. The second kappa shape index (κ2) is 6.08. The van der Waals surface area contributed by atoms with Gasteiger partial charge in [0.2, 0.25) is 5.91 Å². The van der Waals surface area contributed by atoms with Crippen molar-refractivity contribution < 1.29 is 22.7 Å². The fourth-order valence-corrected chi connectivity index (χ4v) is 4.11. The van der Waals surface area contributed by atoms with Gasteiger partial charge in [0.1, 0.15) is 0 Å². The Labute approximate surface area is 130 Å². The maximum Gasteiger partial charge on any atom is 0.330 e. The molecule has 0 aromatic heterocycles. The Morgan fingerprint density at radius 1 is 1.23 bits per heavy atom. The number of β-lactam (4-membered cyclic amide) rings is 1. The molecule has 7 heteroatoms. The Morgan fingerprint density at radius 2 is 1.82 bits per heavy atom. The average Bonchev–Trinajstić information content (AvgIpc) is 2.45. The molecule has 0 bridgehead atoms. The van der Waals surface area contributed by atoms with Gasteiger partial charge in [-0.25, -0.2) is 17.5 Å². The summed E-state index contributed by atoms with van der Waals surface area (Å²) in [5.41, 5.74) is 0.905. The molecule has 1 aliphatic heterocycles. The molecule has 1 heterocycles. The zero-order valence-corrected chi connectivity index (χ0v) is 13.6. The molecule has 1 aromatic carbocycles. The van der Waals surface area contributed by atoms with Gasteiger partial charge in [-0.15, -0.1) is 0 Å². The normalized spacial score (nSPS) is 21.4. The summed E-state index contributed by atoms with van der Waals surface area (Å²) in [7, 11) is -4.04. The van der Waals surface area contributed by atoms with Crippen molar-refractivity contribution in [3.63, 3.8) is 0 Å². The number of rotatable bonds is 5. The van der Waals surface area contributed by atoms with Crippen molar-refractivity contribution in [1.29, 1.82) is 0 Å². The number of hydrogen-bond acceptors (Lipinski definition) is 5. The Morgan fingerprint density at radius 3 is 2.32 bits per heavy atom. The van der Waals surface area contributed by atoms with Crippen LogP contribution in [0, 0.1) is 12.8 Å². The Kier molecular flexibility index (Phi) is 4.55. The summed E-state index contributed by atoms with van der Waals surface area (Å²) in [5.74, 6) is -1.87. The van der Waals surface area contributed by atoms with Crippen LogP contribution in [0.5, 0.6) is 0 Å². The first-order valence-corrected chi connectivity index (χ1v) is 8.60. The van der Waals surface area contributed by atoms with Crippen LogP contribution in [-0.2, 0) is 24.3 Å². The highest BCUT2D eigenvalue weighted by Gasteiger charge is 2.57. The predicted octanol–water partition coefficient (Wildman–Crippen LogP) is 1.48. The summed E-state index contributed by atoms with van der Waals surface area (Å²) in [4.78, 5) is 24.1. The predicted molar refractivity (Wildman–Crippen MR) is 79.4 cm³/mol. The largest absolute Gasteiger partial charge is 0.464 e. The summed E-state index contributed by atoms with van der Waals surface area (Å²) in [6, 6.07) is 5.09. The third-order valence-corrected chi connectivity index (χ3v) is 5.51. The quantitative estimate of drug-likeness (QED) is 0.605. The average molecular weight is 325 g/mol. The molecule has 0 N–H and O–H groups in total. The molecule has 120 valence electrons. The summed E-state index contributed by atoms with van der Waals surface area (Å²) in [5, 5.41) is 0. The third kappa shape index (κ3) is 2.61. The van der Waals surface area contributed by atoms with E-state index in [1.807, 2.05) is 6.92 Å². The van der Waals surface area contributed by atoms with Gasteiger partial charge in [0.15, 0.2) is 6.04 Å². The lowest BCUT2D eigenvalue weighted by atomic mass is 9.88. The minimum Gasteiger partial charge on any atom is -0.464 e. The van der Waals surface area contributed by atoms with E-state index < -0.39 is 33.9 Å². The SMILES string of the molecule is CCOC(=O)[C@@H]1[C@@H](CC)C(=O)N1S(=O)(=O)c1ccc(C)cc1. The molecule has 1 aromatic rings. The van der Waals surface area contributed by atoms with Crippen LogP contribution in [0.2, 0.25) is 0 Å². The number of benzene rings is 1. The van der Waals surface area contributed by atoms with E-state index in [-0.39, 0.29) is 11.5 Å². The molecular formula is C15H19NO5S. The maximum absolute atomic E-state index is 12.6. The topological polar surface area (TPSA) is 80.8 Å². The molecule has 0 unspecified atom stereocenters. The van der Waals surface area contributed by atoms with Gasteiger partial charge in [0, 0.05) is 0 Å². The van der Waals surface area contributed by atoms with Crippen molar-refractivity contribution in [2.24, 2.45) is 5.92 Å². The van der Waals surface area contributed by atoms with E-state index in [9.17, 15) is 18.0 Å². The molecule has 22 heavy (non-hydrogen) atoms. The van der Waals surface area contributed by atoms with Crippen LogP contribution in [0.3, 0.4) is 0 Å². The van der Waals surface area contributed by atoms with E-state index >= 15 is 0 Å². The number of carbonyl (C=O) groups excluding carboxylic acids is 2. The standard InChI is InChI=1S/C15H19NO5S/c1-4-12-13(15(18)21-5-2)16(14(12)17)22(19,20)11-8-6-10(3)7-9-11/h6-9,12-13H,4-5H2,1-3H3/t12-,13+/m1/s1. The molecular weight excluding hydrogens is 306 g/mol. The van der Waals surface area contributed by atoms with Crippen molar-refractivity contribution >= 4 is 21.9 Å². The molecule has 0 radical (unpaired) electrons. The first-order chi connectivity index (χ1) is 10.3. The Hall–Kier alpha value is -1.89. The van der Waals surface area contributed by atoms with Crippen LogP contribution >= 0.6 is 0 Å². The molecule has 6 nitrogen and oxygen atoms in total. The van der Waals surface area contributed by atoms with Gasteiger partial charge in [-0.3, -0.25) is 4.79 Å². The van der Waals surface area contributed by atoms with E-state index in [4.69, 9.17) is 4.74 Å². The van der Waals surface area contributed by atoms with Crippen LogP contribution in [0.1, 0.15) is 25.8 Å². The van der Waals surface area contributed by atoms with Gasteiger partial charge in [-0.05, 0) is 32.4 Å². The van der Waals surface area contributed by atoms with E-state index in [0.717, 1.165) is 5.56 Å². The van der Waals surface area contributed by atoms with Gasteiger partial charge < -0.3 is 4.74 Å². The first kappa shape index (κ1) is 16.5. The summed E-state index contributed by atoms with van der Waals surface area (Å²) < 4.78 is 30.8. The monoisotopic (exact) mass is 325 g/mol. The number of amides is 1. The van der Waals surface area contributed by atoms with Crippen LogP contribution < -0.4 is 0 Å². The van der Waals surface area contributed by atoms with Crippen molar-refractivity contribution in [1.82, 2.24) is 4.31 Å². The minimum atomic E-state index is -4.04. The van der Waals surface area contributed by atoms with Crippen LogP contribution in [0.25, 0.3) is 0 Å². The lowest BCUT2D eigenvalue weighted by Gasteiger charge is -2.43. The zero-order chi connectivity index (χ0) is 16.5. The molecule has 1 saturated heterocycles. The highest BCUT2D eigenvalue weighted by atomic mass is 32.2. The van der Waals surface area contributed by atoms with E-state index in [1.165, 1.54) is 12.1 Å². The first-order valence-electron chi connectivity index (χ1n) is 7.16. The zero-order valence-electron chi connectivity index (χ0n) is 12.8. The van der Waals surface area contributed by atoms with Gasteiger partial charge in [-0.1, -0.05) is 24.6 Å². The third-order valence-electron chi connectivity index (χ3n) is 3.71. The molecule has 2 rings (SSSR count). The minimum absolute atomic E-state index is 0.00435. The van der Waals surface area contributed by atoms with Crippen molar-refractivity contribution in [3.05, 3.63) is 29.8 Å². The summed E-state index contributed by atoms with van der Waals surface area (Å²) in [6.45, 7) is 5.35. The molecule has 1 aliphatic rings. The number of esters is 1. The Balaban J connectivity index is 2.38. The molecule has 2 atom stereocenters. The molecule has 1 amide bonds. The second-order valence-corrected chi connectivity index (χ2v) is 6.98. The fraction of sp³-hybridized carbons (Fsp3) is 0.467. The number of nitrogens with zero attached hydrogens (tertiary/aromatic N) is 1. The van der Waals surface area contributed by atoms with Crippen LogP contribution in [0.15, 0.2) is 29.2 Å². The number of hydrogen-bond donors (Lipinski definition) is 0. The lowest BCUT2D eigenvalue weighted by Crippen LogP contribution is -2.66. The molecule has 0 saturated carbocycles.